The van der Waals surface area contributed by atoms with Gasteiger partial charge in [0.25, 0.3) is 0 Å². The molecule has 0 aromatic rings. The van der Waals surface area contributed by atoms with Crippen molar-refractivity contribution in [2.24, 2.45) is 0 Å². The lowest BCUT2D eigenvalue weighted by molar-refractivity contribution is -0.138. The third-order valence-corrected chi connectivity index (χ3v) is 3.87. The second kappa shape index (κ2) is 7.47. The van der Waals surface area contributed by atoms with Crippen LogP contribution in [0, 0.1) is 0 Å². The Morgan fingerprint density at radius 3 is 2.25 bits per heavy atom. The van der Waals surface area contributed by atoms with E-state index in [2.05, 4.69) is 10.2 Å². The molecular weight excluding hydrogens is 258 g/mol. The van der Waals surface area contributed by atoms with Crippen molar-refractivity contribution in [3.63, 3.8) is 0 Å². The lowest BCUT2D eigenvalue weighted by Gasteiger charge is -2.31. The first-order valence-electron chi connectivity index (χ1n) is 7.24. The predicted octanol–water partition coefficient (Wildman–Crippen LogP) is 1.37. The number of nitrogens with zero attached hydrogens (tertiary/aromatic N) is 2. The third kappa shape index (κ3) is 5.36. The minimum atomic E-state index is -0.845. The van der Waals surface area contributed by atoms with Crippen LogP contribution in [-0.2, 0) is 4.79 Å². The Balaban J connectivity index is 2.47. The van der Waals surface area contributed by atoms with Gasteiger partial charge in [-0.25, -0.2) is 4.79 Å². The maximum absolute atomic E-state index is 12.2. The molecule has 116 valence electrons. The number of hydrogen-bond acceptors (Lipinski definition) is 3. The molecule has 1 saturated carbocycles. The Kier molecular flexibility index (Phi) is 6.26. The first-order chi connectivity index (χ1) is 9.34. The highest BCUT2D eigenvalue weighted by Crippen LogP contribution is 2.32. The summed E-state index contributed by atoms with van der Waals surface area (Å²) < 4.78 is 0. The molecule has 6 nitrogen and oxygen atoms in total. The van der Waals surface area contributed by atoms with Crippen molar-refractivity contribution >= 4 is 12.0 Å². The van der Waals surface area contributed by atoms with E-state index in [1.165, 1.54) is 0 Å². The SMILES string of the molecule is CN(C)CCCN(C)C(=O)NC1(CC(=O)O)CCCC1. The molecule has 2 N–H and O–H groups in total. The minimum Gasteiger partial charge on any atom is -0.481 e. The Bertz CT molecular complexity index is 339. The van der Waals surface area contributed by atoms with E-state index in [1.54, 1.807) is 11.9 Å². The van der Waals surface area contributed by atoms with E-state index in [1.807, 2.05) is 14.1 Å². The summed E-state index contributed by atoms with van der Waals surface area (Å²) in [5.74, 6) is -0.845. The smallest absolute Gasteiger partial charge is 0.317 e. The van der Waals surface area contributed by atoms with Crippen LogP contribution >= 0.6 is 0 Å². The van der Waals surface area contributed by atoms with E-state index < -0.39 is 11.5 Å². The molecule has 0 unspecified atom stereocenters. The van der Waals surface area contributed by atoms with Crippen LogP contribution in [0.15, 0.2) is 0 Å². The number of carbonyl (C=O) groups is 2. The molecule has 6 heteroatoms. The van der Waals surface area contributed by atoms with Crippen molar-refractivity contribution in [2.45, 2.75) is 44.1 Å². The number of carbonyl (C=O) groups excluding carboxylic acids is 1. The minimum absolute atomic E-state index is 0.0181. The molecule has 0 aromatic heterocycles. The molecule has 0 aliphatic heterocycles. The Morgan fingerprint density at radius 2 is 1.75 bits per heavy atom. The summed E-state index contributed by atoms with van der Waals surface area (Å²) in [5.41, 5.74) is -0.543. The summed E-state index contributed by atoms with van der Waals surface area (Å²) in [4.78, 5) is 26.9. The zero-order valence-electron chi connectivity index (χ0n) is 12.8. The first kappa shape index (κ1) is 16.8. The molecule has 0 saturated heterocycles. The van der Waals surface area contributed by atoms with Gasteiger partial charge >= 0.3 is 12.0 Å². The summed E-state index contributed by atoms with van der Waals surface area (Å²) in [6.07, 6.45) is 4.41. The van der Waals surface area contributed by atoms with Crippen LogP contribution in [0.2, 0.25) is 0 Å². The summed E-state index contributed by atoms with van der Waals surface area (Å²) in [5, 5.41) is 12.0. The zero-order valence-corrected chi connectivity index (χ0v) is 12.8. The molecule has 0 heterocycles. The number of carboxylic acids is 1. The predicted molar refractivity (Wildman–Crippen MR) is 77.8 cm³/mol. The van der Waals surface area contributed by atoms with Gasteiger partial charge in [-0.05, 0) is 39.9 Å². The van der Waals surface area contributed by atoms with Gasteiger partial charge in [-0.1, -0.05) is 12.8 Å². The van der Waals surface area contributed by atoms with Crippen LogP contribution in [-0.4, -0.2) is 66.7 Å². The largest absolute Gasteiger partial charge is 0.481 e. The molecule has 1 fully saturated rings. The number of amides is 2. The quantitative estimate of drug-likeness (QED) is 0.741. The molecule has 0 atom stereocenters. The highest BCUT2D eigenvalue weighted by Gasteiger charge is 2.37. The summed E-state index contributed by atoms with van der Waals surface area (Å²) in [6.45, 7) is 1.60. The number of aliphatic carboxylic acids is 1. The second-order valence-electron chi connectivity index (χ2n) is 6.07. The average Bonchev–Trinajstić information content (AvgIpc) is 2.75. The zero-order chi connectivity index (χ0) is 15.2. The maximum atomic E-state index is 12.2. The number of nitrogens with one attached hydrogen (secondary N) is 1. The van der Waals surface area contributed by atoms with Gasteiger partial charge in [0, 0.05) is 13.6 Å². The van der Waals surface area contributed by atoms with Crippen LogP contribution in [0.4, 0.5) is 4.79 Å². The average molecular weight is 285 g/mol. The fraction of sp³-hybridized carbons (Fsp3) is 0.857. The van der Waals surface area contributed by atoms with Gasteiger partial charge in [-0.15, -0.1) is 0 Å². The van der Waals surface area contributed by atoms with Crippen LogP contribution < -0.4 is 5.32 Å². The molecule has 0 radical (unpaired) electrons. The van der Waals surface area contributed by atoms with Gasteiger partial charge in [0.1, 0.15) is 0 Å². The molecule has 0 spiro atoms. The number of hydrogen-bond donors (Lipinski definition) is 2. The van der Waals surface area contributed by atoms with E-state index in [9.17, 15) is 9.59 Å². The van der Waals surface area contributed by atoms with E-state index in [-0.39, 0.29) is 12.5 Å². The van der Waals surface area contributed by atoms with Gasteiger partial charge in [-0.2, -0.15) is 0 Å². The van der Waals surface area contributed by atoms with Gasteiger partial charge < -0.3 is 20.2 Å². The summed E-state index contributed by atoms with van der Waals surface area (Å²) in [7, 11) is 5.76. The van der Waals surface area contributed by atoms with E-state index in [4.69, 9.17) is 5.11 Å². The van der Waals surface area contributed by atoms with E-state index in [0.717, 1.165) is 38.6 Å². The molecule has 0 aromatic carbocycles. The van der Waals surface area contributed by atoms with Crippen molar-refractivity contribution in [2.75, 3.05) is 34.2 Å². The number of urea groups is 1. The van der Waals surface area contributed by atoms with Gasteiger partial charge in [-0.3, -0.25) is 4.79 Å². The van der Waals surface area contributed by atoms with Crippen molar-refractivity contribution < 1.29 is 14.7 Å². The maximum Gasteiger partial charge on any atom is 0.317 e. The molecule has 0 bridgehead atoms. The fourth-order valence-electron chi connectivity index (χ4n) is 2.74. The second-order valence-corrected chi connectivity index (χ2v) is 6.07. The number of rotatable bonds is 7. The van der Waals surface area contributed by atoms with Crippen LogP contribution in [0.3, 0.4) is 0 Å². The monoisotopic (exact) mass is 285 g/mol. The standard InChI is InChI=1S/C14H27N3O3/c1-16(2)9-6-10-17(3)13(20)15-14(11-12(18)19)7-4-5-8-14/h4-11H2,1-3H3,(H,15,20)(H,18,19). The number of carboxylic acid groups (broad SMARTS) is 1. The van der Waals surface area contributed by atoms with Crippen molar-refractivity contribution in [1.82, 2.24) is 15.1 Å². The van der Waals surface area contributed by atoms with Gasteiger partial charge in [0.15, 0.2) is 0 Å². The van der Waals surface area contributed by atoms with Crippen LogP contribution in [0.25, 0.3) is 0 Å². The van der Waals surface area contributed by atoms with Gasteiger partial charge in [0.05, 0.1) is 12.0 Å². The molecular formula is C14H27N3O3. The van der Waals surface area contributed by atoms with E-state index in [0.29, 0.717) is 6.54 Å². The lowest BCUT2D eigenvalue weighted by atomic mass is 9.93. The first-order valence-corrected chi connectivity index (χ1v) is 7.24. The lowest BCUT2D eigenvalue weighted by Crippen LogP contribution is -2.52. The third-order valence-electron chi connectivity index (χ3n) is 3.87. The van der Waals surface area contributed by atoms with Crippen LogP contribution in [0.1, 0.15) is 38.5 Å². The molecule has 20 heavy (non-hydrogen) atoms. The van der Waals surface area contributed by atoms with Crippen molar-refractivity contribution in [3.05, 3.63) is 0 Å². The summed E-state index contributed by atoms with van der Waals surface area (Å²) in [6, 6.07) is -0.160. The summed E-state index contributed by atoms with van der Waals surface area (Å²) >= 11 is 0. The highest BCUT2D eigenvalue weighted by molar-refractivity contribution is 5.76. The molecule has 1 rings (SSSR count). The van der Waals surface area contributed by atoms with Crippen molar-refractivity contribution in [1.29, 1.82) is 0 Å². The Hall–Kier alpha value is -1.30. The van der Waals surface area contributed by atoms with E-state index >= 15 is 0 Å². The Labute approximate surface area is 121 Å². The topological polar surface area (TPSA) is 72.9 Å². The normalized spacial score (nSPS) is 17.2. The van der Waals surface area contributed by atoms with Gasteiger partial charge in [0.2, 0.25) is 0 Å². The molecule has 2 amide bonds. The Morgan fingerprint density at radius 1 is 1.15 bits per heavy atom. The molecule has 1 aliphatic carbocycles. The highest BCUT2D eigenvalue weighted by atomic mass is 16.4. The van der Waals surface area contributed by atoms with Crippen molar-refractivity contribution in [3.8, 4) is 0 Å². The van der Waals surface area contributed by atoms with Crippen LogP contribution in [0.5, 0.6) is 0 Å². The fourth-order valence-corrected chi connectivity index (χ4v) is 2.74. The molecule has 1 aliphatic rings.